The van der Waals surface area contributed by atoms with Gasteiger partial charge < -0.3 is 10.2 Å². The van der Waals surface area contributed by atoms with E-state index in [2.05, 4.69) is 5.32 Å². The molecule has 0 bridgehead atoms. The van der Waals surface area contributed by atoms with Crippen LogP contribution in [0, 0.1) is 0 Å². The smallest absolute Gasteiger partial charge is 0.269 e. The lowest BCUT2D eigenvalue weighted by molar-refractivity contribution is -0.141. The van der Waals surface area contributed by atoms with Crippen molar-refractivity contribution in [2.45, 2.75) is 50.1 Å². The topological polar surface area (TPSA) is 104 Å². The molecule has 3 aromatic carbocycles. The molecule has 3 amide bonds. The second kappa shape index (κ2) is 13.5. The molecule has 0 spiro atoms. The molecule has 0 unspecified atom stereocenters. The van der Waals surface area contributed by atoms with Gasteiger partial charge in [-0.2, -0.15) is 0 Å². The van der Waals surface area contributed by atoms with E-state index in [-0.39, 0.29) is 42.3 Å². The largest absolute Gasteiger partial charge is 0.354 e. The van der Waals surface area contributed by atoms with Crippen LogP contribution in [0.1, 0.15) is 47.7 Å². The number of benzene rings is 3. The van der Waals surface area contributed by atoms with Crippen molar-refractivity contribution in [3.8, 4) is 0 Å². The summed E-state index contributed by atoms with van der Waals surface area (Å²) in [6, 6.07) is 19.2. The number of nitrogens with one attached hydrogen (secondary N) is 1. The molecule has 1 atom stereocenters. The van der Waals surface area contributed by atoms with Crippen LogP contribution in [-0.4, -0.2) is 54.5 Å². The Kier molecular flexibility index (Phi) is 10.1. The van der Waals surface area contributed by atoms with Gasteiger partial charge in [0.05, 0.1) is 5.56 Å². The molecule has 4 rings (SSSR count). The molecule has 3 aromatic rings. The quantitative estimate of drug-likeness (QED) is 0.286. The lowest BCUT2D eigenvalue weighted by Crippen LogP contribution is -2.51. The van der Waals surface area contributed by atoms with Gasteiger partial charge in [0.1, 0.15) is 10.9 Å². The van der Waals surface area contributed by atoms with Gasteiger partial charge >= 0.3 is 0 Å². The highest BCUT2D eigenvalue weighted by atomic mass is 35.5. The second-order valence-corrected chi connectivity index (χ2v) is 12.3. The fraction of sp³-hybridized carbons (Fsp3) is 0.300. The van der Waals surface area contributed by atoms with Crippen molar-refractivity contribution in [1.29, 1.82) is 0 Å². The molecule has 1 heterocycles. The van der Waals surface area contributed by atoms with Crippen LogP contribution in [0.5, 0.6) is 0 Å². The van der Waals surface area contributed by atoms with Crippen LogP contribution in [-0.2, 0) is 32.6 Å². The Bertz CT molecular complexity index is 1510. The number of nitrogens with zero attached hydrogens (tertiary/aromatic N) is 2. The molecule has 41 heavy (non-hydrogen) atoms. The van der Waals surface area contributed by atoms with E-state index in [1.165, 1.54) is 17.0 Å². The minimum absolute atomic E-state index is 0.0666. The summed E-state index contributed by atoms with van der Waals surface area (Å²) in [6.45, 7) is 1.98. The highest BCUT2D eigenvalue weighted by Crippen LogP contribution is 2.31. The van der Waals surface area contributed by atoms with Gasteiger partial charge in [-0.25, -0.2) is 12.7 Å². The zero-order valence-electron chi connectivity index (χ0n) is 22.6. The SMILES string of the molecule is CCCCNC(=O)[C@@H](Cc1ccccc1)N(Cc1c(Cl)cccc1Cl)C(=O)CCN1C(=O)c2ccccc2S1(=O)=O. The van der Waals surface area contributed by atoms with Gasteiger partial charge in [-0.1, -0.05) is 85.1 Å². The average Bonchev–Trinajstić information content (AvgIpc) is 3.15. The molecule has 0 saturated heterocycles. The number of amides is 3. The van der Waals surface area contributed by atoms with Gasteiger partial charge in [-0.3, -0.25) is 14.4 Å². The number of fused-ring (bicyclic) bond motifs is 1. The first-order valence-electron chi connectivity index (χ1n) is 13.3. The third-order valence-corrected chi connectivity index (χ3v) is 9.48. The molecule has 0 aromatic heterocycles. The van der Waals surface area contributed by atoms with Crippen molar-refractivity contribution in [2.75, 3.05) is 13.1 Å². The highest BCUT2D eigenvalue weighted by Gasteiger charge is 2.41. The molecule has 0 aliphatic carbocycles. The maximum absolute atomic E-state index is 13.9. The van der Waals surface area contributed by atoms with Crippen LogP contribution in [0.3, 0.4) is 0 Å². The highest BCUT2D eigenvalue weighted by molar-refractivity contribution is 7.90. The summed E-state index contributed by atoms with van der Waals surface area (Å²) < 4.78 is 26.8. The first-order chi connectivity index (χ1) is 19.6. The van der Waals surface area contributed by atoms with Gasteiger partial charge in [-0.05, 0) is 36.2 Å². The van der Waals surface area contributed by atoms with E-state index < -0.39 is 27.9 Å². The molecule has 0 saturated carbocycles. The normalized spacial score (nSPS) is 14.4. The molecular weight excluding hydrogens is 585 g/mol. The van der Waals surface area contributed by atoms with Crippen LogP contribution >= 0.6 is 23.2 Å². The summed E-state index contributed by atoms with van der Waals surface area (Å²) >= 11 is 12.9. The minimum atomic E-state index is -4.10. The van der Waals surface area contributed by atoms with Crippen LogP contribution in [0.25, 0.3) is 0 Å². The molecule has 11 heteroatoms. The van der Waals surface area contributed by atoms with E-state index in [1.54, 1.807) is 30.3 Å². The third-order valence-electron chi connectivity index (χ3n) is 6.93. The first kappa shape index (κ1) is 30.6. The average molecular weight is 617 g/mol. The number of carbonyl (C=O) groups is 3. The zero-order chi connectivity index (χ0) is 29.6. The van der Waals surface area contributed by atoms with Crippen molar-refractivity contribution in [3.05, 3.63) is 99.5 Å². The van der Waals surface area contributed by atoms with Gasteiger partial charge in [0.15, 0.2) is 0 Å². The summed E-state index contributed by atoms with van der Waals surface area (Å²) in [5.74, 6) is -1.56. The maximum atomic E-state index is 13.9. The summed E-state index contributed by atoms with van der Waals surface area (Å²) in [5.41, 5.74) is 1.36. The summed E-state index contributed by atoms with van der Waals surface area (Å²) in [4.78, 5) is 41.7. The number of hydrogen-bond donors (Lipinski definition) is 1. The minimum Gasteiger partial charge on any atom is -0.354 e. The monoisotopic (exact) mass is 615 g/mol. The molecule has 8 nitrogen and oxygen atoms in total. The Balaban J connectivity index is 1.66. The number of unbranched alkanes of at least 4 members (excludes halogenated alkanes) is 1. The summed E-state index contributed by atoms with van der Waals surface area (Å²) in [6.07, 6.45) is 1.51. The van der Waals surface area contributed by atoms with Crippen LogP contribution in [0.15, 0.2) is 77.7 Å². The number of sulfonamides is 1. The Morgan fingerprint density at radius 3 is 2.27 bits per heavy atom. The Labute approximate surface area is 250 Å². The van der Waals surface area contributed by atoms with E-state index in [0.717, 1.165) is 18.4 Å². The Morgan fingerprint density at radius 1 is 0.951 bits per heavy atom. The molecule has 1 aliphatic rings. The molecule has 1 N–H and O–H groups in total. The van der Waals surface area contributed by atoms with E-state index in [4.69, 9.17) is 23.2 Å². The van der Waals surface area contributed by atoms with Crippen LogP contribution < -0.4 is 5.32 Å². The first-order valence-corrected chi connectivity index (χ1v) is 15.5. The number of carbonyl (C=O) groups excluding carboxylic acids is 3. The van der Waals surface area contributed by atoms with Gasteiger partial charge in [-0.15, -0.1) is 0 Å². The van der Waals surface area contributed by atoms with Gasteiger partial charge in [0.25, 0.3) is 15.9 Å². The number of hydrogen-bond acceptors (Lipinski definition) is 5. The van der Waals surface area contributed by atoms with E-state index in [9.17, 15) is 22.8 Å². The molecule has 0 fully saturated rings. The number of rotatable bonds is 12. The molecule has 216 valence electrons. The Morgan fingerprint density at radius 2 is 1.61 bits per heavy atom. The fourth-order valence-corrected chi connectivity index (χ4v) is 6.79. The fourth-order valence-electron chi connectivity index (χ4n) is 4.71. The standard InChI is InChI=1S/C30H31Cl2N3O5S/c1-2-3-17-33-29(37)26(19-21-10-5-4-6-11-21)34(20-23-24(31)13-9-14-25(23)32)28(36)16-18-35-30(38)22-12-7-8-15-27(22)41(35,39)40/h4-15,26H,2-3,16-20H2,1H3,(H,33,37)/t26-/m1/s1. The summed E-state index contributed by atoms with van der Waals surface area (Å²) in [5, 5.41) is 3.58. The maximum Gasteiger partial charge on any atom is 0.269 e. The van der Waals surface area contributed by atoms with Crippen molar-refractivity contribution in [1.82, 2.24) is 14.5 Å². The van der Waals surface area contributed by atoms with Crippen molar-refractivity contribution in [2.24, 2.45) is 0 Å². The zero-order valence-corrected chi connectivity index (χ0v) is 24.9. The molecule has 0 radical (unpaired) electrons. The predicted molar refractivity (Wildman–Crippen MR) is 158 cm³/mol. The predicted octanol–water partition coefficient (Wildman–Crippen LogP) is 5.08. The van der Waals surface area contributed by atoms with Crippen LogP contribution in [0.4, 0.5) is 0 Å². The molecule has 1 aliphatic heterocycles. The Hall–Kier alpha value is -3.40. The summed E-state index contributed by atoms with van der Waals surface area (Å²) in [7, 11) is -4.10. The van der Waals surface area contributed by atoms with E-state index >= 15 is 0 Å². The van der Waals surface area contributed by atoms with Gasteiger partial charge in [0.2, 0.25) is 11.8 Å². The van der Waals surface area contributed by atoms with Crippen molar-refractivity contribution in [3.63, 3.8) is 0 Å². The lowest BCUT2D eigenvalue weighted by atomic mass is 10.0. The second-order valence-electron chi connectivity index (χ2n) is 9.70. The van der Waals surface area contributed by atoms with Crippen molar-refractivity contribution < 1.29 is 22.8 Å². The van der Waals surface area contributed by atoms with E-state index in [0.29, 0.717) is 26.5 Å². The van der Waals surface area contributed by atoms with Gasteiger partial charge in [0, 0.05) is 48.1 Å². The van der Waals surface area contributed by atoms with Crippen molar-refractivity contribution >= 4 is 50.9 Å². The molecular formula is C30H31Cl2N3O5S. The van der Waals surface area contributed by atoms with Crippen LogP contribution in [0.2, 0.25) is 10.0 Å². The lowest BCUT2D eigenvalue weighted by Gasteiger charge is -2.32. The third kappa shape index (κ3) is 6.92. The van der Waals surface area contributed by atoms with E-state index in [1.807, 2.05) is 37.3 Å². The number of halogens is 2.